The van der Waals surface area contributed by atoms with Gasteiger partial charge in [-0.2, -0.15) is 0 Å². The minimum absolute atomic E-state index is 0. The summed E-state index contributed by atoms with van der Waals surface area (Å²) in [7, 11) is -9.96. The standard InChI is InChI=1S/C10H9NO6S2.2Na/c11-7-5-4-6-2-1-3-8(18(12,13)14)9(6)10(7)19(15,16)17;;/h1-5H,11H2,(H,12,13,14)(H,15,16,17);;/q;2*+1/p-2. The second kappa shape index (κ2) is 7.26. The van der Waals surface area contributed by atoms with Crippen molar-refractivity contribution in [2.24, 2.45) is 0 Å². The van der Waals surface area contributed by atoms with Gasteiger partial charge in [0.15, 0.2) is 0 Å². The van der Waals surface area contributed by atoms with Crippen molar-refractivity contribution in [3.05, 3.63) is 30.3 Å². The van der Waals surface area contributed by atoms with Crippen LogP contribution < -0.4 is 64.8 Å². The molecule has 0 spiro atoms. The average Bonchev–Trinajstić information content (AvgIpc) is 2.24. The number of hydrogen-bond acceptors (Lipinski definition) is 7. The summed E-state index contributed by atoms with van der Waals surface area (Å²) in [6.45, 7) is 0. The fourth-order valence-electron chi connectivity index (χ4n) is 1.81. The molecule has 102 valence electrons. The van der Waals surface area contributed by atoms with Crippen LogP contribution in [0.5, 0.6) is 0 Å². The van der Waals surface area contributed by atoms with Crippen molar-refractivity contribution in [2.45, 2.75) is 9.79 Å². The molecule has 0 saturated carbocycles. The first-order chi connectivity index (χ1) is 8.62. The molecule has 2 aromatic carbocycles. The molecule has 0 aliphatic carbocycles. The second-order valence-corrected chi connectivity index (χ2v) is 6.41. The smallest absolute Gasteiger partial charge is 0.744 e. The minimum Gasteiger partial charge on any atom is -0.744 e. The third-order valence-electron chi connectivity index (χ3n) is 2.51. The Morgan fingerprint density at radius 2 is 1.43 bits per heavy atom. The van der Waals surface area contributed by atoms with Crippen molar-refractivity contribution in [1.82, 2.24) is 0 Å². The van der Waals surface area contributed by atoms with Crippen LogP contribution in [0.2, 0.25) is 0 Å². The monoisotopic (exact) mass is 347 g/mol. The Balaban J connectivity index is 0.00000200. The van der Waals surface area contributed by atoms with Crippen molar-refractivity contribution in [2.75, 3.05) is 5.73 Å². The number of fused-ring (bicyclic) bond motifs is 1. The van der Waals surface area contributed by atoms with Gasteiger partial charge in [-0.3, -0.25) is 0 Å². The van der Waals surface area contributed by atoms with Crippen LogP contribution in [0.15, 0.2) is 40.1 Å². The van der Waals surface area contributed by atoms with Gasteiger partial charge in [0.2, 0.25) is 0 Å². The Morgan fingerprint density at radius 1 is 0.857 bits per heavy atom. The van der Waals surface area contributed by atoms with Gasteiger partial charge in [0.05, 0.1) is 9.79 Å². The molecule has 0 heterocycles. The summed E-state index contributed by atoms with van der Waals surface area (Å²) in [6, 6.07) is 6.06. The third-order valence-corrected chi connectivity index (χ3v) is 4.33. The van der Waals surface area contributed by atoms with E-state index in [1.165, 1.54) is 18.2 Å². The molecule has 21 heavy (non-hydrogen) atoms. The van der Waals surface area contributed by atoms with Crippen molar-refractivity contribution in [3.63, 3.8) is 0 Å². The normalized spacial score (nSPS) is 11.5. The number of anilines is 1. The first-order valence-corrected chi connectivity index (χ1v) is 7.67. The molecule has 2 aromatic rings. The molecule has 0 amide bonds. The van der Waals surface area contributed by atoms with Crippen LogP contribution in [0.4, 0.5) is 5.69 Å². The maximum absolute atomic E-state index is 11.2. The summed E-state index contributed by atoms with van der Waals surface area (Å²) in [6.07, 6.45) is 0. The largest absolute Gasteiger partial charge is 1.00 e. The Labute approximate surface area is 166 Å². The Kier molecular flexibility index (Phi) is 7.37. The zero-order valence-corrected chi connectivity index (χ0v) is 16.9. The van der Waals surface area contributed by atoms with E-state index in [0.29, 0.717) is 0 Å². The molecule has 2 N–H and O–H groups in total. The number of hydrogen-bond donors (Lipinski definition) is 1. The van der Waals surface area contributed by atoms with Gasteiger partial charge >= 0.3 is 59.1 Å². The quantitative estimate of drug-likeness (QED) is 0.324. The number of benzene rings is 2. The van der Waals surface area contributed by atoms with E-state index in [-0.39, 0.29) is 64.5 Å². The van der Waals surface area contributed by atoms with Crippen LogP contribution in [0.25, 0.3) is 10.8 Å². The van der Waals surface area contributed by atoms with Gasteiger partial charge in [-0.15, -0.1) is 0 Å². The molecule has 0 radical (unpaired) electrons. The molecule has 0 aromatic heterocycles. The van der Waals surface area contributed by atoms with E-state index < -0.39 is 41.1 Å². The zero-order chi connectivity index (χ0) is 14.4. The van der Waals surface area contributed by atoms with E-state index in [9.17, 15) is 25.9 Å². The van der Waals surface area contributed by atoms with Crippen LogP contribution in [0, 0.1) is 0 Å². The fourth-order valence-corrected chi connectivity index (χ4v) is 3.42. The molecule has 0 fully saturated rings. The topological polar surface area (TPSA) is 140 Å². The Bertz CT molecular complexity index is 880. The van der Waals surface area contributed by atoms with Crippen LogP contribution in [-0.2, 0) is 20.2 Å². The van der Waals surface area contributed by atoms with Crippen molar-refractivity contribution >= 4 is 36.7 Å². The summed E-state index contributed by atoms with van der Waals surface area (Å²) in [5.74, 6) is 0. The van der Waals surface area contributed by atoms with Gasteiger partial charge in [-0.05, 0) is 17.5 Å². The van der Waals surface area contributed by atoms with Crippen LogP contribution in [-0.4, -0.2) is 25.9 Å². The molecule has 0 bridgehead atoms. The third kappa shape index (κ3) is 4.41. The molecule has 0 saturated heterocycles. The summed E-state index contributed by atoms with van der Waals surface area (Å²) in [5.41, 5.74) is 5.00. The van der Waals surface area contributed by atoms with E-state index in [2.05, 4.69) is 0 Å². The first-order valence-electron chi connectivity index (χ1n) is 4.85. The maximum Gasteiger partial charge on any atom is 1.00 e. The SMILES string of the molecule is Nc1ccc2cccc(S(=O)(=O)[O-])c2c1S(=O)(=O)[O-].[Na+].[Na+]. The minimum atomic E-state index is -5.02. The number of nitrogens with two attached hydrogens (primary N) is 1. The number of rotatable bonds is 2. The first kappa shape index (κ1) is 21.3. The summed E-state index contributed by atoms with van der Waals surface area (Å²) in [5, 5.41) is -0.340. The molecule has 11 heteroatoms. The summed E-state index contributed by atoms with van der Waals surface area (Å²) in [4.78, 5) is -1.67. The Hall–Kier alpha value is 0.320. The zero-order valence-electron chi connectivity index (χ0n) is 11.2. The van der Waals surface area contributed by atoms with Crippen LogP contribution >= 0.6 is 0 Å². The molecule has 0 atom stereocenters. The predicted octanol–water partition coefficient (Wildman–Crippen LogP) is -5.76. The molecule has 0 aliphatic heterocycles. The molecule has 0 unspecified atom stereocenters. The van der Waals surface area contributed by atoms with E-state index in [1.54, 1.807) is 0 Å². The number of nitrogen functional groups attached to an aromatic ring is 1. The maximum atomic E-state index is 11.2. The van der Waals surface area contributed by atoms with E-state index in [4.69, 9.17) is 5.73 Å². The second-order valence-electron chi connectivity index (χ2n) is 3.75. The van der Waals surface area contributed by atoms with Gasteiger partial charge in [-0.25, -0.2) is 16.8 Å². The van der Waals surface area contributed by atoms with Crippen LogP contribution in [0.3, 0.4) is 0 Å². The van der Waals surface area contributed by atoms with Crippen molar-refractivity contribution < 1.29 is 85.1 Å². The molecule has 7 nitrogen and oxygen atoms in total. The Morgan fingerprint density at radius 3 is 1.90 bits per heavy atom. The van der Waals surface area contributed by atoms with E-state index in [1.807, 2.05) is 0 Å². The van der Waals surface area contributed by atoms with Gasteiger partial charge in [0, 0.05) is 11.1 Å². The van der Waals surface area contributed by atoms with Crippen molar-refractivity contribution in [1.29, 1.82) is 0 Å². The van der Waals surface area contributed by atoms with Gasteiger partial charge in [0.1, 0.15) is 20.2 Å². The summed E-state index contributed by atoms with van der Waals surface area (Å²) < 4.78 is 67.1. The van der Waals surface area contributed by atoms with E-state index in [0.717, 1.165) is 12.1 Å². The summed E-state index contributed by atoms with van der Waals surface area (Å²) >= 11 is 0. The van der Waals surface area contributed by atoms with Crippen LogP contribution in [0.1, 0.15) is 0 Å². The fraction of sp³-hybridized carbons (Fsp3) is 0. The molecule has 0 aliphatic rings. The molecular weight excluding hydrogens is 340 g/mol. The van der Waals surface area contributed by atoms with Gasteiger partial charge < -0.3 is 14.8 Å². The molecule has 2 rings (SSSR count). The average molecular weight is 347 g/mol. The van der Waals surface area contributed by atoms with Gasteiger partial charge in [-0.1, -0.05) is 18.2 Å². The molecular formula is C10H7NNa2O6S2. The van der Waals surface area contributed by atoms with Crippen molar-refractivity contribution in [3.8, 4) is 0 Å². The van der Waals surface area contributed by atoms with E-state index >= 15 is 0 Å². The predicted molar refractivity (Wildman–Crippen MR) is 64.3 cm³/mol. The van der Waals surface area contributed by atoms with Gasteiger partial charge in [0.25, 0.3) is 0 Å².